The number of anilines is 1. The fraction of sp³-hybridized carbons (Fsp3) is 0.261. The van der Waals surface area contributed by atoms with Crippen molar-refractivity contribution < 1.29 is 4.74 Å². The number of imidazole rings is 1. The van der Waals surface area contributed by atoms with Crippen molar-refractivity contribution >= 4 is 22.8 Å². The van der Waals surface area contributed by atoms with Crippen LogP contribution in [0.1, 0.15) is 29.5 Å². The fourth-order valence-corrected chi connectivity index (χ4v) is 5.09. The van der Waals surface area contributed by atoms with Gasteiger partial charge in [-0.05, 0) is 37.1 Å². The molecule has 0 radical (unpaired) electrons. The monoisotopic (exact) mass is 415 g/mol. The smallest absolute Gasteiger partial charge is 0.169 e. The maximum absolute atomic E-state index is 9.66. The molecule has 1 fully saturated rings. The first kappa shape index (κ1) is 18.6. The molecule has 0 atom stereocenters. The van der Waals surface area contributed by atoms with Gasteiger partial charge in [-0.1, -0.05) is 18.2 Å². The van der Waals surface area contributed by atoms with E-state index in [2.05, 4.69) is 16.3 Å². The molecule has 1 saturated heterocycles. The SMILES string of the molecule is COc1ccccc1-c1csc(C2CCN(c3nc4ccccn4c3C#N)CC2)n1. The summed E-state index contributed by atoms with van der Waals surface area (Å²) in [5, 5.41) is 13.0. The first-order valence-corrected chi connectivity index (χ1v) is 10.9. The van der Waals surface area contributed by atoms with Crippen LogP contribution in [0.5, 0.6) is 5.75 Å². The molecular formula is C23H21N5OS. The molecule has 1 aromatic carbocycles. The summed E-state index contributed by atoms with van der Waals surface area (Å²) in [6.07, 6.45) is 3.89. The van der Waals surface area contributed by atoms with Gasteiger partial charge in [0.1, 0.15) is 17.5 Å². The van der Waals surface area contributed by atoms with Gasteiger partial charge >= 0.3 is 0 Å². The average Bonchev–Trinajstić information content (AvgIpc) is 3.44. The molecule has 0 bridgehead atoms. The Bertz CT molecular complexity index is 1230. The summed E-state index contributed by atoms with van der Waals surface area (Å²) in [5.41, 5.74) is 3.43. The molecular weight excluding hydrogens is 394 g/mol. The number of ether oxygens (including phenoxy) is 1. The van der Waals surface area contributed by atoms with Gasteiger partial charge in [-0.25, -0.2) is 9.97 Å². The summed E-state index contributed by atoms with van der Waals surface area (Å²) in [5.74, 6) is 2.06. The van der Waals surface area contributed by atoms with Gasteiger partial charge in [0.05, 0.1) is 17.8 Å². The second-order valence-electron chi connectivity index (χ2n) is 7.36. The van der Waals surface area contributed by atoms with Crippen molar-refractivity contribution in [3.05, 3.63) is 64.7 Å². The minimum Gasteiger partial charge on any atom is -0.496 e. The van der Waals surface area contributed by atoms with E-state index in [0.29, 0.717) is 11.6 Å². The number of thiazole rings is 1. The van der Waals surface area contributed by atoms with Gasteiger partial charge in [0.25, 0.3) is 0 Å². The number of piperidine rings is 1. The zero-order chi connectivity index (χ0) is 20.5. The highest BCUT2D eigenvalue weighted by Crippen LogP contribution is 2.36. The maximum atomic E-state index is 9.66. The third-order valence-electron chi connectivity index (χ3n) is 5.67. The van der Waals surface area contributed by atoms with Crippen molar-refractivity contribution in [3.8, 4) is 23.1 Å². The van der Waals surface area contributed by atoms with E-state index >= 15 is 0 Å². The number of methoxy groups -OCH3 is 1. The van der Waals surface area contributed by atoms with E-state index in [1.165, 1.54) is 5.01 Å². The van der Waals surface area contributed by atoms with E-state index in [9.17, 15) is 5.26 Å². The molecule has 0 unspecified atom stereocenters. The summed E-state index contributed by atoms with van der Waals surface area (Å²) in [4.78, 5) is 11.9. The van der Waals surface area contributed by atoms with Gasteiger partial charge in [0.15, 0.2) is 11.5 Å². The Balaban J connectivity index is 1.34. The summed E-state index contributed by atoms with van der Waals surface area (Å²) in [6, 6.07) is 16.1. The molecule has 0 saturated carbocycles. The van der Waals surface area contributed by atoms with Gasteiger partial charge in [0.2, 0.25) is 0 Å². The number of fused-ring (bicyclic) bond motifs is 1. The number of benzene rings is 1. The summed E-state index contributed by atoms with van der Waals surface area (Å²) >= 11 is 1.72. The lowest BCUT2D eigenvalue weighted by molar-refractivity contribution is 0.416. The average molecular weight is 416 g/mol. The number of pyridine rings is 1. The molecule has 30 heavy (non-hydrogen) atoms. The number of rotatable bonds is 4. The number of hydrogen-bond acceptors (Lipinski definition) is 6. The maximum Gasteiger partial charge on any atom is 0.169 e. The highest BCUT2D eigenvalue weighted by molar-refractivity contribution is 7.10. The first-order valence-electron chi connectivity index (χ1n) is 9.99. The second-order valence-corrected chi connectivity index (χ2v) is 8.25. The topological polar surface area (TPSA) is 66.5 Å². The summed E-state index contributed by atoms with van der Waals surface area (Å²) in [7, 11) is 1.69. The van der Waals surface area contributed by atoms with E-state index in [4.69, 9.17) is 14.7 Å². The van der Waals surface area contributed by atoms with Crippen LogP contribution in [0.2, 0.25) is 0 Å². The lowest BCUT2D eigenvalue weighted by Crippen LogP contribution is -2.33. The zero-order valence-electron chi connectivity index (χ0n) is 16.7. The Kier molecular flexibility index (Phi) is 4.85. The lowest BCUT2D eigenvalue weighted by atomic mass is 9.97. The molecule has 1 aliphatic rings. The van der Waals surface area contributed by atoms with Crippen molar-refractivity contribution in [1.82, 2.24) is 14.4 Å². The van der Waals surface area contributed by atoms with E-state index in [1.54, 1.807) is 18.4 Å². The first-order chi connectivity index (χ1) is 14.8. The van der Waals surface area contributed by atoms with Crippen LogP contribution in [0, 0.1) is 11.3 Å². The molecule has 0 spiro atoms. The number of nitrogens with zero attached hydrogens (tertiary/aromatic N) is 5. The molecule has 7 heteroatoms. The van der Waals surface area contributed by atoms with Crippen molar-refractivity contribution in [3.63, 3.8) is 0 Å². The van der Waals surface area contributed by atoms with Crippen molar-refractivity contribution in [2.24, 2.45) is 0 Å². The van der Waals surface area contributed by atoms with Gasteiger partial charge in [0, 0.05) is 36.1 Å². The summed E-state index contributed by atoms with van der Waals surface area (Å²) < 4.78 is 7.35. The Hall–Kier alpha value is -3.37. The Labute approximate surface area is 179 Å². The van der Waals surface area contributed by atoms with Crippen LogP contribution in [0.25, 0.3) is 16.9 Å². The molecule has 0 N–H and O–H groups in total. The number of para-hydroxylation sites is 1. The van der Waals surface area contributed by atoms with Gasteiger partial charge in [-0.3, -0.25) is 4.40 Å². The summed E-state index contributed by atoms with van der Waals surface area (Å²) in [6.45, 7) is 1.74. The normalized spacial score (nSPS) is 14.7. The minimum atomic E-state index is 0.428. The molecule has 150 valence electrons. The van der Waals surface area contributed by atoms with Crippen molar-refractivity contribution in [2.75, 3.05) is 25.1 Å². The van der Waals surface area contributed by atoms with Crippen LogP contribution < -0.4 is 9.64 Å². The predicted molar refractivity (Wildman–Crippen MR) is 118 cm³/mol. The predicted octanol–water partition coefficient (Wildman–Crippen LogP) is 4.72. The molecule has 0 amide bonds. The van der Waals surface area contributed by atoms with Crippen LogP contribution in [0.4, 0.5) is 5.82 Å². The lowest BCUT2D eigenvalue weighted by Gasteiger charge is -2.31. The standard InChI is InChI=1S/C23H21N5OS/c1-29-20-7-3-2-6-17(20)18-15-30-23(25-18)16-9-12-27(13-10-16)22-19(14-24)28-11-5-4-8-21(28)26-22/h2-8,11,15-16H,9-10,12-13H2,1H3. The molecule has 3 aromatic heterocycles. The van der Waals surface area contributed by atoms with Crippen LogP contribution in [0.3, 0.4) is 0 Å². The third-order valence-corrected chi connectivity index (χ3v) is 6.67. The van der Waals surface area contributed by atoms with E-state index in [1.807, 2.05) is 53.1 Å². The van der Waals surface area contributed by atoms with Crippen LogP contribution in [-0.2, 0) is 0 Å². The Morgan fingerprint density at radius 1 is 1.10 bits per heavy atom. The number of aromatic nitrogens is 3. The van der Waals surface area contributed by atoms with Crippen LogP contribution in [-0.4, -0.2) is 34.6 Å². The van der Waals surface area contributed by atoms with E-state index < -0.39 is 0 Å². The Morgan fingerprint density at radius 3 is 2.70 bits per heavy atom. The van der Waals surface area contributed by atoms with Crippen molar-refractivity contribution in [2.45, 2.75) is 18.8 Å². The molecule has 5 rings (SSSR count). The van der Waals surface area contributed by atoms with Gasteiger partial charge in [-0.2, -0.15) is 5.26 Å². The van der Waals surface area contributed by atoms with Crippen LogP contribution in [0.15, 0.2) is 54.0 Å². The zero-order valence-corrected chi connectivity index (χ0v) is 17.5. The molecule has 1 aliphatic heterocycles. The van der Waals surface area contributed by atoms with Crippen LogP contribution >= 0.6 is 11.3 Å². The Morgan fingerprint density at radius 2 is 1.90 bits per heavy atom. The van der Waals surface area contributed by atoms with E-state index in [-0.39, 0.29) is 0 Å². The fourth-order valence-electron chi connectivity index (χ4n) is 4.10. The molecule has 0 aliphatic carbocycles. The highest BCUT2D eigenvalue weighted by atomic mass is 32.1. The van der Waals surface area contributed by atoms with Crippen molar-refractivity contribution in [1.29, 1.82) is 5.26 Å². The highest BCUT2D eigenvalue weighted by Gasteiger charge is 2.27. The minimum absolute atomic E-state index is 0.428. The molecule has 6 nitrogen and oxygen atoms in total. The number of hydrogen-bond donors (Lipinski definition) is 0. The number of nitriles is 1. The van der Waals surface area contributed by atoms with Gasteiger partial charge < -0.3 is 9.64 Å². The van der Waals surface area contributed by atoms with E-state index in [0.717, 1.165) is 54.4 Å². The largest absolute Gasteiger partial charge is 0.496 e. The quantitative estimate of drug-likeness (QED) is 0.482. The molecule has 4 aromatic rings. The third kappa shape index (κ3) is 3.19. The van der Waals surface area contributed by atoms with Gasteiger partial charge in [-0.15, -0.1) is 11.3 Å². The molecule has 4 heterocycles. The second kappa shape index (κ2) is 7.81.